The number of hydrogen-bond donors (Lipinski definition) is 2. The minimum atomic E-state index is -1.05. The molecule has 1 rings (SSSR count). The fourth-order valence-electron chi connectivity index (χ4n) is 1.26. The topological polar surface area (TPSA) is 84.2 Å². The number of carboxylic acid groups (broad SMARTS) is 1. The first kappa shape index (κ1) is 11.2. The Kier molecular flexibility index (Phi) is 3.43. The summed E-state index contributed by atoms with van der Waals surface area (Å²) in [4.78, 5) is 21.0. The van der Waals surface area contributed by atoms with Crippen molar-refractivity contribution in [3.05, 3.63) is 17.5 Å². The van der Waals surface area contributed by atoms with Crippen LogP contribution >= 0.6 is 0 Å². The SMILES string of the molecule is Cc1c(CC(NC=O)C(=O)O)cnn1C. The highest BCUT2D eigenvalue weighted by atomic mass is 16.4. The van der Waals surface area contributed by atoms with E-state index in [4.69, 9.17) is 5.11 Å². The van der Waals surface area contributed by atoms with E-state index in [1.807, 2.05) is 6.92 Å². The summed E-state index contributed by atoms with van der Waals surface area (Å²) >= 11 is 0. The lowest BCUT2D eigenvalue weighted by atomic mass is 10.1. The molecule has 6 nitrogen and oxygen atoms in total. The van der Waals surface area contributed by atoms with Gasteiger partial charge in [0.15, 0.2) is 0 Å². The van der Waals surface area contributed by atoms with E-state index in [0.717, 1.165) is 11.3 Å². The summed E-state index contributed by atoms with van der Waals surface area (Å²) in [5.74, 6) is -1.05. The first-order chi connectivity index (χ1) is 7.06. The molecule has 1 aromatic heterocycles. The van der Waals surface area contributed by atoms with Gasteiger partial charge in [-0.15, -0.1) is 0 Å². The van der Waals surface area contributed by atoms with Gasteiger partial charge < -0.3 is 10.4 Å². The van der Waals surface area contributed by atoms with Crippen molar-refractivity contribution in [2.45, 2.75) is 19.4 Å². The molecule has 0 fully saturated rings. The first-order valence-electron chi connectivity index (χ1n) is 4.46. The van der Waals surface area contributed by atoms with Crippen LogP contribution in [0.1, 0.15) is 11.3 Å². The number of nitrogens with zero attached hydrogens (tertiary/aromatic N) is 2. The molecule has 0 aliphatic rings. The molecule has 82 valence electrons. The summed E-state index contributed by atoms with van der Waals surface area (Å²) in [7, 11) is 1.78. The molecule has 15 heavy (non-hydrogen) atoms. The zero-order valence-electron chi connectivity index (χ0n) is 8.60. The predicted octanol–water partition coefficient (Wildman–Crippen LogP) is -0.530. The van der Waals surface area contributed by atoms with Gasteiger partial charge in [0, 0.05) is 19.2 Å². The van der Waals surface area contributed by atoms with Crippen LogP contribution in [0.25, 0.3) is 0 Å². The van der Waals surface area contributed by atoms with Gasteiger partial charge in [0.1, 0.15) is 6.04 Å². The number of carbonyl (C=O) groups excluding carboxylic acids is 1. The van der Waals surface area contributed by atoms with E-state index in [9.17, 15) is 9.59 Å². The largest absolute Gasteiger partial charge is 0.480 e. The van der Waals surface area contributed by atoms with Gasteiger partial charge in [0.2, 0.25) is 6.41 Å². The standard InChI is InChI=1S/C9H13N3O3/c1-6-7(4-11-12(6)2)3-8(9(14)15)10-5-13/h4-5,8H,3H2,1-2H3,(H,10,13)(H,14,15). The molecule has 1 aromatic rings. The Hall–Kier alpha value is -1.85. The molecule has 0 saturated carbocycles. The van der Waals surface area contributed by atoms with Crippen LogP contribution in [0.15, 0.2) is 6.20 Å². The Morgan fingerprint density at radius 1 is 1.80 bits per heavy atom. The molecule has 2 N–H and O–H groups in total. The van der Waals surface area contributed by atoms with E-state index in [1.54, 1.807) is 17.9 Å². The van der Waals surface area contributed by atoms with Gasteiger partial charge in [-0.1, -0.05) is 0 Å². The zero-order chi connectivity index (χ0) is 11.4. The Labute approximate surface area is 86.9 Å². The maximum Gasteiger partial charge on any atom is 0.326 e. The van der Waals surface area contributed by atoms with Crippen molar-refractivity contribution < 1.29 is 14.7 Å². The highest BCUT2D eigenvalue weighted by Crippen LogP contribution is 2.08. The zero-order valence-corrected chi connectivity index (χ0v) is 8.60. The minimum Gasteiger partial charge on any atom is -0.480 e. The molecule has 0 aliphatic carbocycles. The van der Waals surface area contributed by atoms with Gasteiger partial charge >= 0.3 is 5.97 Å². The molecule has 6 heteroatoms. The van der Waals surface area contributed by atoms with E-state index in [1.165, 1.54) is 0 Å². The summed E-state index contributed by atoms with van der Waals surface area (Å²) in [5, 5.41) is 15.1. The average molecular weight is 211 g/mol. The van der Waals surface area contributed by atoms with Crippen molar-refractivity contribution >= 4 is 12.4 Å². The second kappa shape index (κ2) is 4.59. The molecule has 0 aliphatic heterocycles. The van der Waals surface area contributed by atoms with Crippen LogP contribution in [0.3, 0.4) is 0 Å². The second-order valence-electron chi connectivity index (χ2n) is 3.26. The molecular weight excluding hydrogens is 198 g/mol. The third kappa shape index (κ3) is 2.55. The Morgan fingerprint density at radius 2 is 2.47 bits per heavy atom. The predicted molar refractivity (Wildman–Crippen MR) is 52.3 cm³/mol. The number of nitrogens with one attached hydrogen (secondary N) is 1. The van der Waals surface area contributed by atoms with Gasteiger partial charge in [0.25, 0.3) is 0 Å². The van der Waals surface area contributed by atoms with Crippen LogP contribution in [-0.4, -0.2) is 33.3 Å². The number of aromatic nitrogens is 2. The highest BCUT2D eigenvalue weighted by molar-refractivity contribution is 5.76. The molecule has 0 radical (unpaired) electrons. The third-order valence-electron chi connectivity index (χ3n) is 2.33. The quantitative estimate of drug-likeness (QED) is 0.641. The molecule has 0 bridgehead atoms. The van der Waals surface area contributed by atoms with Crippen molar-refractivity contribution in [2.24, 2.45) is 7.05 Å². The van der Waals surface area contributed by atoms with Crippen LogP contribution < -0.4 is 5.32 Å². The lowest BCUT2D eigenvalue weighted by Gasteiger charge is -2.10. The van der Waals surface area contributed by atoms with Crippen LogP contribution in [-0.2, 0) is 23.1 Å². The normalized spacial score (nSPS) is 12.1. The lowest BCUT2D eigenvalue weighted by molar-refractivity contribution is -0.140. The van der Waals surface area contributed by atoms with E-state index < -0.39 is 12.0 Å². The third-order valence-corrected chi connectivity index (χ3v) is 2.33. The fourth-order valence-corrected chi connectivity index (χ4v) is 1.26. The Morgan fingerprint density at radius 3 is 2.87 bits per heavy atom. The van der Waals surface area contributed by atoms with Gasteiger partial charge in [-0.05, 0) is 12.5 Å². The maximum atomic E-state index is 10.8. The molecule has 0 spiro atoms. The minimum absolute atomic E-state index is 0.244. The Bertz CT molecular complexity index is 373. The van der Waals surface area contributed by atoms with Gasteiger partial charge in [-0.2, -0.15) is 5.10 Å². The molecule has 0 saturated heterocycles. The smallest absolute Gasteiger partial charge is 0.326 e. The van der Waals surface area contributed by atoms with E-state index in [-0.39, 0.29) is 6.42 Å². The number of aliphatic carboxylic acids is 1. The van der Waals surface area contributed by atoms with Crippen molar-refractivity contribution in [1.29, 1.82) is 0 Å². The van der Waals surface area contributed by atoms with Crippen molar-refractivity contribution in [1.82, 2.24) is 15.1 Å². The summed E-state index contributed by atoms with van der Waals surface area (Å²) in [6, 6.07) is -0.898. The van der Waals surface area contributed by atoms with Gasteiger partial charge in [-0.25, -0.2) is 4.79 Å². The van der Waals surface area contributed by atoms with Gasteiger partial charge in [-0.3, -0.25) is 9.48 Å². The summed E-state index contributed by atoms with van der Waals surface area (Å²) in [6.07, 6.45) is 2.25. The van der Waals surface area contributed by atoms with E-state index >= 15 is 0 Å². The molecule has 1 atom stereocenters. The van der Waals surface area contributed by atoms with Crippen LogP contribution in [0, 0.1) is 6.92 Å². The Balaban J connectivity index is 2.78. The molecule has 0 aromatic carbocycles. The van der Waals surface area contributed by atoms with Crippen molar-refractivity contribution in [3.8, 4) is 0 Å². The second-order valence-corrected chi connectivity index (χ2v) is 3.26. The van der Waals surface area contributed by atoms with E-state index in [2.05, 4.69) is 10.4 Å². The molecular formula is C9H13N3O3. The monoisotopic (exact) mass is 211 g/mol. The summed E-state index contributed by atoms with van der Waals surface area (Å²) in [6.45, 7) is 1.85. The highest BCUT2D eigenvalue weighted by Gasteiger charge is 2.18. The lowest BCUT2D eigenvalue weighted by Crippen LogP contribution is -2.37. The van der Waals surface area contributed by atoms with E-state index in [0.29, 0.717) is 6.41 Å². The summed E-state index contributed by atoms with van der Waals surface area (Å²) < 4.78 is 1.66. The van der Waals surface area contributed by atoms with Crippen molar-refractivity contribution in [3.63, 3.8) is 0 Å². The maximum absolute atomic E-state index is 10.8. The van der Waals surface area contributed by atoms with Crippen molar-refractivity contribution in [2.75, 3.05) is 0 Å². The number of aryl methyl sites for hydroxylation is 1. The number of amides is 1. The molecule has 1 amide bonds. The first-order valence-corrected chi connectivity index (χ1v) is 4.46. The van der Waals surface area contributed by atoms with Crippen LogP contribution in [0.2, 0.25) is 0 Å². The molecule has 1 unspecified atom stereocenters. The average Bonchev–Trinajstić information content (AvgIpc) is 2.48. The molecule has 1 heterocycles. The summed E-state index contributed by atoms with van der Waals surface area (Å²) in [5.41, 5.74) is 1.72. The fraction of sp³-hybridized carbons (Fsp3) is 0.444. The number of hydrogen-bond acceptors (Lipinski definition) is 3. The van der Waals surface area contributed by atoms with Crippen LogP contribution in [0.5, 0.6) is 0 Å². The number of carboxylic acids is 1. The number of rotatable bonds is 5. The number of carbonyl (C=O) groups is 2. The van der Waals surface area contributed by atoms with Crippen LogP contribution in [0.4, 0.5) is 0 Å². The van der Waals surface area contributed by atoms with Gasteiger partial charge in [0.05, 0.1) is 6.20 Å².